The Morgan fingerprint density at radius 1 is 1.13 bits per heavy atom. The average Bonchev–Trinajstić information content (AvgIpc) is 2.09. The highest BCUT2D eigenvalue weighted by molar-refractivity contribution is 7.51. The Hall–Kier alpha value is -0.740. The molecular weight excluding hydrogens is 243 g/mol. The second-order valence-corrected chi connectivity index (χ2v) is 4.72. The Bertz CT molecular complexity index is 317. The van der Waals surface area contributed by atoms with Crippen LogP contribution in [0.2, 0.25) is 0 Å². The van der Waals surface area contributed by atoms with Gasteiger partial charge in [0, 0.05) is 5.88 Å². The van der Waals surface area contributed by atoms with Crippen molar-refractivity contribution in [2.75, 3.05) is 12.0 Å². The van der Waals surface area contributed by atoms with Crippen molar-refractivity contribution in [1.82, 2.24) is 0 Å². The third-order valence-corrected chi connectivity index (χ3v) is 2.52. The van der Waals surface area contributed by atoms with E-state index in [1.54, 1.807) is 12.1 Å². The first-order valence-corrected chi connectivity index (χ1v) is 6.27. The Kier molecular flexibility index (Phi) is 6.36. The van der Waals surface area contributed by atoms with Gasteiger partial charge < -0.3 is 20.0 Å². The van der Waals surface area contributed by atoms with Crippen LogP contribution >= 0.6 is 19.2 Å². The fourth-order valence-electron chi connectivity index (χ4n) is 0.574. The molecule has 0 saturated heterocycles. The molecule has 0 atom stereocenters. The number of hydrogen-bond donors (Lipinski definition) is 4. The van der Waals surface area contributed by atoms with Crippen LogP contribution in [0.15, 0.2) is 24.3 Å². The van der Waals surface area contributed by atoms with E-state index in [0.29, 0.717) is 0 Å². The minimum Gasteiger partial charge on any atom is -0.504 e. The highest BCUT2D eigenvalue weighted by Crippen LogP contribution is 2.33. The van der Waals surface area contributed by atoms with Crippen LogP contribution in [0.25, 0.3) is 0 Å². The standard InChI is InChI=1S/C6H6O2.C2H6ClO3P/c7-5-3-1-2-4-6(5)8;3-1-2-7(4,5)6/h1-4,7-8H;1-2H2,(H2,4,5,6). The molecule has 0 aliphatic rings. The van der Waals surface area contributed by atoms with E-state index in [-0.39, 0.29) is 23.5 Å². The number of halogens is 1. The number of para-hydroxylation sites is 2. The van der Waals surface area contributed by atoms with Gasteiger partial charge in [-0.05, 0) is 12.1 Å². The van der Waals surface area contributed by atoms with Crippen molar-refractivity contribution in [2.45, 2.75) is 0 Å². The molecule has 0 amide bonds. The van der Waals surface area contributed by atoms with Gasteiger partial charge in [0.1, 0.15) is 0 Å². The summed E-state index contributed by atoms with van der Waals surface area (Å²) in [7, 11) is -3.80. The fraction of sp³-hybridized carbons (Fsp3) is 0.250. The van der Waals surface area contributed by atoms with Gasteiger partial charge in [0.25, 0.3) is 0 Å². The van der Waals surface area contributed by atoms with E-state index in [1.165, 1.54) is 12.1 Å². The van der Waals surface area contributed by atoms with Crippen molar-refractivity contribution in [3.8, 4) is 11.5 Å². The summed E-state index contributed by atoms with van der Waals surface area (Å²) in [5.41, 5.74) is 0. The molecule has 0 aromatic heterocycles. The van der Waals surface area contributed by atoms with E-state index in [4.69, 9.17) is 31.6 Å². The van der Waals surface area contributed by atoms with Crippen LogP contribution in [-0.4, -0.2) is 32.0 Å². The van der Waals surface area contributed by atoms with Crippen molar-refractivity contribution in [3.05, 3.63) is 24.3 Å². The van der Waals surface area contributed by atoms with Gasteiger partial charge in [0.2, 0.25) is 0 Å². The lowest BCUT2D eigenvalue weighted by molar-refractivity contribution is 0.375. The topological polar surface area (TPSA) is 98.0 Å². The lowest BCUT2D eigenvalue weighted by Crippen LogP contribution is -1.86. The van der Waals surface area contributed by atoms with Crippen molar-refractivity contribution in [2.24, 2.45) is 0 Å². The molecule has 4 N–H and O–H groups in total. The summed E-state index contributed by atoms with van der Waals surface area (Å²) in [5, 5.41) is 17.3. The minimum absolute atomic E-state index is 0.0181. The zero-order chi connectivity index (χ0) is 11.9. The molecule has 5 nitrogen and oxygen atoms in total. The van der Waals surface area contributed by atoms with Crippen LogP contribution in [0.4, 0.5) is 0 Å². The number of phenols is 2. The first kappa shape index (κ1) is 14.3. The molecule has 15 heavy (non-hydrogen) atoms. The largest absolute Gasteiger partial charge is 0.504 e. The van der Waals surface area contributed by atoms with Crippen molar-refractivity contribution in [3.63, 3.8) is 0 Å². The Balaban J connectivity index is 0.000000265. The molecular formula is C8H12ClO5P. The molecule has 0 fully saturated rings. The Morgan fingerprint density at radius 3 is 1.67 bits per heavy atom. The smallest absolute Gasteiger partial charge is 0.326 e. The molecule has 0 radical (unpaired) electrons. The van der Waals surface area contributed by atoms with Crippen LogP contribution in [0, 0.1) is 0 Å². The third kappa shape index (κ3) is 8.27. The summed E-state index contributed by atoms with van der Waals surface area (Å²) in [6.07, 6.45) is -0.228. The molecule has 1 aromatic rings. The van der Waals surface area contributed by atoms with E-state index in [9.17, 15) is 4.57 Å². The molecule has 86 valence electrons. The summed E-state index contributed by atoms with van der Waals surface area (Å²) < 4.78 is 9.84. The van der Waals surface area contributed by atoms with E-state index in [0.717, 1.165) is 0 Å². The number of rotatable bonds is 2. The van der Waals surface area contributed by atoms with Crippen LogP contribution in [-0.2, 0) is 4.57 Å². The van der Waals surface area contributed by atoms with E-state index in [2.05, 4.69) is 0 Å². The second-order valence-electron chi connectivity index (χ2n) is 2.57. The van der Waals surface area contributed by atoms with E-state index < -0.39 is 7.60 Å². The quantitative estimate of drug-likeness (QED) is 0.364. The minimum atomic E-state index is -3.80. The SMILES string of the molecule is O=P(O)(O)CCCl.Oc1ccccc1O. The number of aromatic hydroxyl groups is 2. The molecule has 1 aromatic carbocycles. The molecule has 0 aliphatic heterocycles. The molecule has 1 rings (SSSR count). The molecule has 0 heterocycles. The molecule has 0 unspecified atom stereocenters. The summed E-state index contributed by atoms with van der Waals surface area (Å²) >= 11 is 4.99. The molecule has 0 bridgehead atoms. The molecule has 0 aliphatic carbocycles. The maximum absolute atomic E-state index is 9.84. The lowest BCUT2D eigenvalue weighted by atomic mass is 10.3. The van der Waals surface area contributed by atoms with E-state index >= 15 is 0 Å². The fourth-order valence-corrected chi connectivity index (χ4v) is 1.46. The van der Waals surface area contributed by atoms with Crippen LogP contribution in [0.5, 0.6) is 11.5 Å². The number of hydrogen-bond acceptors (Lipinski definition) is 3. The number of alkyl halides is 1. The van der Waals surface area contributed by atoms with Gasteiger partial charge in [-0.25, -0.2) is 0 Å². The highest BCUT2D eigenvalue weighted by Gasteiger charge is 2.09. The Morgan fingerprint density at radius 2 is 1.53 bits per heavy atom. The molecule has 7 heteroatoms. The zero-order valence-corrected chi connectivity index (χ0v) is 9.40. The van der Waals surface area contributed by atoms with Gasteiger partial charge in [0.15, 0.2) is 11.5 Å². The first-order chi connectivity index (χ1) is 6.87. The summed E-state index contributed by atoms with van der Waals surface area (Å²) in [6.45, 7) is 0. The van der Waals surface area contributed by atoms with Crippen molar-refractivity contribution >= 4 is 19.2 Å². The van der Waals surface area contributed by atoms with Gasteiger partial charge in [-0.2, -0.15) is 0 Å². The summed E-state index contributed by atoms with van der Waals surface area (Å²) in [5.74, 6) is -0.135. The predicted octanol–water partition coefficient (Wildman–Crippen LogP) is 1.50. The average molecular weight is 255 g/mol. The van der Waals surface area contributed by atoms with Gasteiger partial charge >= 0.3 is 7.60 Å². The second kappa shape index (κ2) is 6.69. The van der Waals surface area contributed by atoms with Gasteiger partial charge in [-0.3, -0.25) is 4.57 Å². The van der Waals surface area contributed by atoms with Gasteiger partial charge in [-0.1, -0.05) is 12.1 Å². The molecule has 0 saturated carbocycles. The third-order valence-electron chi connectivity index (χ3n) is 1.26. The van der Waals surface area contributed by atoms with Crippen LogP contribution in [0.3, 0.4) is 0 Å². The van der Waals surface area contributed by atoms with Crippen molar-refractivity contribution in [1.29, 1.82) is 0 Å². The first-order valence-electron chi connectivity index (χ1n) is 3.94. The van der Waals surface area contributed by atoms with Gasteiger partial charge in [0.05, 0.1) is 6.16 Å². The summed E-state index contributed by atoms with van der Waals surface area (Å²) in [6, 6.07) is 6.15. The zero-order valence-electron chi connectivity index (χ0n) is 7.75. The Labute approximate surface area is 92.1 Å². The normalized spacial score (nSPS) is 10.3. The number of benzene rings is 1. The van der Waals surface area contributed by atoms with Crippen LogP contribution < -0.4 is 0 Å². The predicted molar refractivity (Wildman–Crippen MR) is 57.4 cm³/mol. The highest BCUT2D eigenvalue weighted by atomic mass is 35.5. The summed E-state index contributed by atoms with van der Waals surface area (Å²) in [4.78, 5) is 16.1. The van der Waals surface area contributed by atoms with Gasteiger partial charge in [-0.15, -0.1) is 11.6 Å². The van der Waals surface area contributed by atoms with Crippen molar-refractivity contribution < 1.29 is 24.6 Å². The number of phenolic OH excluding ortho intramolecular Hbond substituents is 2. The lowest BCUT2D eigenvalue weighted by Gasteiger charge is -1.95. The maximum atomic E-state index is 9.84. The monoisotopic (exact) mass is 254 g/mol. The maximum Gasteiger partial charge on any atom is 0.326 e. The van der Waals surface area contributed by atoms with E-state index in [1.807, 2.05) is 0 Å². The van der Waals surface area contributed by atoms with Crippen LogP contribution in [0.1, 0.15) is 0 Å². The molecule has 0 spiro atoms.